The van der Waals surface area contributed by atoms with Crippen molar-refractivity contribution in [3.63, 3.8) is 0 Å². The molecule has 0 aliphatic carbocycles. The molecule has 1 amide bonds. The molecule has 0 saturated carbocycles. The van der Waals surface area contributed by atoms with Gasteiger partial charge >= 0.3 is 0 Å². The van der Waals surface area contributed by atoms with Gasteiger partial charge in [0.25, 0.3) is 5.91 Å². The molecule has 1 heterocycles. The maximum atomic E-state index is 12.6. The van der Waals surface area contributed by atoms with Gasteiger partial charge in [-0.3, -0.25) is 4.79 Å². The molecule has 2 rings (SSSR count). The number of carbonyl (C=O) groups excluding carboxylic acids is 1. The van der Waals surface area contributed by atoms with Gasteiger partial charge in [-0.05, 0) is 13.8 Å². The summed E-state index contributed by atoms with van der Waals surface area (Å²) in [5.41, 5.74) is 0.448. The van der Waals surface area contributed by atoms with E-state index in [1.165, 1.54) is 19.1 Å². The third kappa shape index (κ3) is 2.82. The van der Waals surface area contributed by atoms with Gasteiger partial charge in [0.2, 0.25) is 0 Å². The average molecular weight is 310 g/mol. The van der Waals surface area contributed by atoms with Gasteiger partial charge in [-0.15, -0.1) is 0 Å². The van der Waals surface area contributed by atoms with Crippen molar-refractivity contribution in [2.24, 2.45) is 0 Å². The molecule has 3 N–H and O–H groups in total. The van der Waals surface area contributed by atoms with Crippen LogP contribution >= 0.6 is 0 Å². The normalized spacial score (nSPS) is 17.5. The topological polar surface area (TPSA) is 91.3 Å². The summed E-state index contributed by atoms with van der Waals surface area (Å²) in [6, 6.07) is 3.43. The number of benzene rings is 1. The van der Waals surface area contributed by atoms with Crippen LogP contribution in [0.15, 0.2) is 12.1 Å². The second-order valence-corrected chi connectivity index (χ2v) is 5.73. The highest BCUT2D eigenvalue weighted by atomic mass is 16.5. The Morgan fingerprint density at radius 3 is 2.41 bits per heavy atom. The second-order valence-electron chi connectivity index (χ2n) is 5.73. The van der Waals surface area contributed by atoms with E-state index < -0.39 is 18.2 Å². The number of β-amino-alcohol motifs (C(OH)–C–C–N with tert-alkyl or cyclic N) is 1. The predicted molar refractivity (Wildman–Crippen MR) is 82.7 cm³/mol. The summed E-state index contributed by atoms with van der Waals surface area (Å²) in [4.78, 5) is 14.1. The molecule has 7 heteroatoms. The molecule has 0 saturated heterocycles. The van der Waals surface area contributed by atoms with Gasteiger partial charge in [-0.1, -0.05) is 0 Å². The molecule has 0 aromatic heterocycles. The van der Waals surface area contributed by atoms with Crippen molar-refractivity contribution in [3.05, 3.63) is 12.1 Å². The number of hydrogen-bond donors (Lipinski definition) is 3. The molecule has 22 heavy (non-hydrogen) atoms. The first-order valence-corrected chi connectivity index (χ1v) is 6.99. The zero-order valence-corrected chi connectivity index (χ0v) is 13.2. The van der Waals surface area contributed by atoms with Gasteiger partial charge in [0.15, 0.2) is 11.5 Å². The Bertz CT molecular complexity index is 573. The molecular weight excluding hydrogens is 288 g/mol. The van der Waals surface area contributed by atoms with E-state index in [0.717, 1.165) is 0 Å². The second kappa shape index (κ2) is 6.02. The third-order valence-electron chi connectivity index (χ3n) is 3.62. The van der Waals surface area contributed by atoms with Gasteiger partial charge in [0.1, 0.15) is 5.54 Å². The van der Waals surface area contributed by atoms with E-state index in [-0.39, 0.29) is 12.5 Å². The highest BCUT2D eigenvalue weighted by Crippen LogP contribution is 2.42. The first kappa shape index (κ1) is 16.4. The molecular formula is C15H22N2O5. The summed E-state index contributed by atoms with van der Waals surface area (Å²) < 4.78 is 10.5. The van der Waals surface area contributed by atoms with Gasteiger partial charge in [-0.25, -0.2) is 0 Å². The van der Waals surface area contributed by atoms with E-state index in [9.17, 15) is 9.90 Å². The van der Waals surface area contributed by atoms with Crippen LogP contribution < -0.4 is 19.7 Å². The van der Waals surface area contributed by atoms with Crippen molar-refractivity contribution in [1.82, 2.24) is 0 Å². The summed E-state index contributed by atoms with van der Waals surface area (Å²) in [6.45, 7) is 3.10. The van der Waals surface area contributed by atoms with Crippen LogP contribution in [-0.2, 0) is 4.79 Å². The first-order chi connectivity index (χ1) is 10.3. The quantitative estimate of drug-likeness (QED) is 0.737. The number of nitrogens with one attached hydrogen (secondary N) is 1. The standard InChI is InChI=1S/C15H22N2O5/c1-15(2)14(20)17(7-9(19)8-18)11-6-13(22-4)12(21-3)5-10(11)16-15/h5-6,9,16,18-19H,7-8H2,1-4H3. The minimum atomic E-state index is -1.02. The van der Waals surface area contributed by atoms with Crippen LogP contribution in [-0.4, -0.2) is 55.1 Å². The zero-order chi connectivity index (χ0) is 16.5. The summed E-state index contributed by atoms with van der Waals surface area (Å²) in [5.74, 6) is 0.834. The lowest BCUT2D eigenvalue weighted by Crippen LogP contribution is -2.55. The minimum Gasteiger partial charge on any atom is -0.493 e. The number of amides is 1. The van der Waals surface area contributed by atoms with Gasteiger partial charge in [-0.2, -0.15) is 0 Å². The number of hydrogen-bond acceptors (Lipinski definition) is 6. The molecule has 0 bridgehead atoms. The van der Waals surface area contributed by atoms with Gasteiger partial charge in [0, 0.05) is 12.1 Å². The SMILES string of the molecule is COc1cc2c(cc1OC)N(CC(O)CO)C(=O)C(C)(C)N2. The van der Waals surface area contributed by atoms with Crippen LogP contribution in [0.5, 0.6) is 11.5 Å². The fraction of sp³-hybridized carbons (Fsp3) is 0.533. The number of methoxy groups -OCH3 is 2. The Morgan fingerprint density at radius 1 is 1.27 bits per heavy atom. The lowest BCUT2D eigenvalue weighted by molar-refractivity contribution is -0.122. The predicted octanol–water partition coefficient (Wildman–Crippen LogP) is 0.594. The average Bonchev–Trinajstić information content (AvgIpc) is 2.50. The van der Waals surface area contributed by atoms with E-state index in [4.69, 9.17) is 14.6 Å². The van der Waals surface area contributed by atoms with E-state index >= 15 is 0 Å². The van der Waals surface area contributed by atoms with Crippen LogP contribution in [0.3, 0.4) is 0 Å². The van der Waals surface area contributed by atoms with E-state index in [1.54, 1.807) is 26.0 Å². The van der Waals surface area contributed by atoms with Crippen LogP contribution in [0.2, 0.25) is 0 Å². The first-order valence-electron chi connectivity index (χ1n) is 6.99. The Labute approximate surface area is 129 Å². The Morgan fingerprint density at radius 2 is 1.86 bits per heavy atom. The smallest absolute Gasteiger partial charge is 0.252 e. The molecule has 0 fully saturated rings. The van der Waals surface area contributed by atoms with Crippen LogP contribution in [0.1, 0.15) is 13.8 Å². The summed E-state index contributed by atoms with van der Waals surface area (Å²) in [5, 5.41) is 22.0. The fourth-order valence-electron chi connectivity index (χ4n) is 2.48. The minimum absolute atomic E-state index is 0.00290. The molecule has 1 atom stereocenters. The van der Waals surface area contributed by atoms with Crippen molar-refractivity contribution >= 4 is 17.3 Å². The van der Waals surface area contributed by atoms with Crippen LogP contribution in [0.4, 0.5) is 11.4 Å². The number of ether oxygens (including phenoxy) is 2. The number of aliphatic hydroxyl groups is 2. The summed E-state index contributed by atoms with van der Waals surface area (Å²) in [7, 11) is 3.05. The molecule has 0 spiro atoms. The van der Waals surface area contributed by atoms with Crippen molar-refractivity contribution in [2.45, 2.75) is 25.5 Å². The maximum absolute atomic E-state index is 12.6. The van der Waals surface area contributed by atoms with E-state index in [0.29, 0.717) is 22.9 Å². The number of fused-ring (bicyclic) bond motifs is 1. The molecule has 1 aliphatic heterocycles. The Balaban J connectivity index is 2.53. The Hall–Kier alpha value is -1.99. The lowest BCUT2D eigenvalue weighted by atomic mass is 9.97. The monoisotopic (exact) mass is 310 g/mol. The largest absolute Gasteiger partial charge is 0.493 e. The number of aliphatic hydroxyl groups excluding tert-OH is 2. The number of nitrogens with zero attached hydrogens (tertiary/aromatic N) is 1. The molecule has 7 nitrogen and oxygen atoms in total. The molecule has 1 aliphatic rings. The number of carbonyl (C=O) groups is 1. The third-order valence-corrected chi connectivity index (χ3v) is 3.62. The van der Waals surface area contributed by atoms with Crippen molar-refractivity contribution in [3.8, 4) is 11.5 Å². The van der Waals surface area contributed by atoms with Gasteiger partial charge < -0.3 is 29.9 Å². The molecule has 1 unspecified atom stereocenters. The van der Waals surface area contributed by atoms with Crippen molar-refractivity contribution < 1.29 is 24.5 Å². The number of rotatable bonds is 5. The highest BCUT2D eigenvalue weighted by molar-refractivity contribution is 6.07. The van der Waals surface area contributed by atoms with E-state index in [1.807, 2.05) is 0 Å². The Kier molecular flexibility index (Phi) is 4.48. The molecule has 122 valence electrons. The van der Waals surface area contributed by atoms with Crippen LogP contribution in [0.25, 0.3) is 0 Å². The summed E-state index contributed by atoms with van der Waals surface area (Å²) in [6.07, 6.45) is -1.02. The molecule has 1 aromatic carbocycles. The lowest BCUT2D eigenvalue weighted by Gasteiger charge is -2.40. The van der Waals surface area contributed by atoms with Gasteiger partial charge in [0.05, 0.1) is 44.8 Å². The molecule has 1 aromatic rings. The highest BCUT2D eigenvalue weighted by Gasteiger charge is 2.39. The molecule has 0 radical (unpaired) electrons. The summed E-state index contributed by atoms with van der Waals surface area (Å²) >= 11 is 0. The fourth-order valence-corrected chi connectivity index (χ4v) is 2.48. The van der Waals surface area contributed by atoms with Crippen LogP contribution in [0, 0.1) is 0 Å². The zero-order valence-electron chi connectivity index (χ0n) is 13.2. The number of anilines is 2. The van der Waals surface area contributed by atoms with Crippen molar-refractivity contribution in [2.75, 3.05) is 37.6 Å². The van der Waals surface area contributed by atoms with Crippen molar-refractivity contribution in [1.29, 1.82) is 0 Å². The maximum Gasteiger partial charge on any atom is 0.252 e. The van der Waals surface area contributed by atoms with E-state index in [2.05, 4.69) is 5.32 Å².